The van der Waals surface area contributed by atoms with Gasteiger partial charge in [-0.3, -0.25) is 9.59 Å². The third-order valence-electron chi connectivity index (χ3n) is 6.75. The molecular weight excluding hydrogens is 383 g/mol. The van der Waals surface area contributed by atoms with Crippen LogP contribution in [-0.4, -0.2) is 49.1 Å². The van der Waals surface area contributed by atoms with Crippen LogP contribution in [0.25, 0.3) is 0 Å². The van der Waals surface area contributed by atoms with E-state index in [0.29, 0.717) is 55.9 Å². The fourth-order valence-corrected chi connectivity index (χ4v) is 5.18. The van der Waals surface area contributed by atoms with Gasteiger partial charge in [0.1, 0.15) is 5.82 Å². The van der Waals surface area contributed by atoms with E-state index in [4.69, 9.17) is 4.74 Å². The first-order valence-corrected chi connectivity index (χ1v) is 10.7. The molecule has 1 atom stereocenters. The van der Waals surface area contributed by atoms with Crippen LogP contribution in [0.15, 0.2) is 48.5 Å². The van der Waals surface area contributed by atoms with Gasteiger partial charge in [0.25, 0.3) is 5.91 Å². The largest absolute Gasteiger partial charge is 0.376 e. The van der Waals surface area contributed by atoms with Gasteiger partial charge in [0.05, 0.1) is 23.8 Å². The topological polar surface area (TPSA) is 49.9 Å². The Hall–Kier alpha value is -2.73. The number of halogens is 1. The SMILES string of the molecule is O=C(c1ccccc1)N1CCC2(CC1)C(=O)N(CC1CCCO1)c1cccc(F)c12. The minimum atomic E-state index is -0.896. The zero-order chi connectivity index (χ0) is 20.7. The van der Waals surface area contributed by atoms with Crippen molar-refractivity contribution in [3.63, 3.8) is 0 Å². The summed E-state index contributed by atoms with van der Waals surface area (Å²) in [6.07, 6.45) is 2.77. The van der Waals surface area contributed by atoms with Gasteiger partial charge in [-0.1, -0.05) is 24.3 Å². The summed E-state index contributed by atoms with van der Waals surface area (Å²) in [5.74, 6) is -0.427. The van der Waals surface area contributed by atoms with E-state index in [1.54, 1.807) is 28.0 Å². The maximum Gasteiger partial charge on any atom is 0.253 e. The van der Waals surface area contributed by atoms with E-state index < -0.39 is 5.41 Å². The molecule has 2 fully saturated rings. The van der Waals surface area contributed by atoms with Crippen LogP contribution in [0.2, 0.25) is 0 Å². The zero-order valence-corrected chi connectivity index (χ0v) is 16.9. The molecule has 2 aromatic carbocycles. The molecule has 3 heterocycles. The quantitative estimate of drug-likeness (QED) is 0.781. The van der Waals surface area contributed by atoms with Gasteiger partial charge in [-0.2, -0.15) is 0 Å². The highest BCUT2D eigenvalue weighted by atomic mass is 19.1. The Labute approximate surface area is 175 Å². The number of nitrogens with zero attached hydrogens (tertiary/aromatic N) is 2. The molecular formula is C24H25FN2O3. The number of carbonyl (C=O) groups excluding carboxylic acids is 2. The highest BCUT2D eigenvalue weighted by molar-refractivity contribution is 6.08. The average Bonchev–Trinajstić information content (AvgIpc) is 3.37. The molecule has 156 valence electrons. The lowest BCUT2D eigenvalue weighted by molar-refractivity contribution is -0.125. The molecule has 0 aromatic heterocycles. The van der Waals surface area contributed by atoms with Gasteiger partial charge >= 0.3 is 0 Å². The van der Waals surface area contributed by atoms with E-state index in [0.717, 1.165) is 12.8 Å². The second kappa shape index (κ2) is 7.51. The first-order valence-electron chi connectivity index (χ1n) is 10.7. The predicted octanol–water partition coefficient (Wildman–Crippen LogP) is 3.53. The molecule has 30 heavy (non-hydrogen) atoms. The van der Waals surface area contributed by atoms with Crippen LogP contribution in [-0.2, 0) is 14.9 Å². The Morgan fingerprint density at radius 1 is 1.10 bits per heavy atom. The Kier molecular flexibility index (Phi) is 4.82. The highest BCUT2D eigenvalue weighted by Gasteiger charge is 2.54. The first kappa shape index (κ1) is 19.2. The van der Waals surface area contributed by atoms with E-state index in [1.807, 2.05) is 24.3 Å². The Bertz CT molecular complexity index is 964. The number of ether oxygens (including phenoxy) is 1. The Balaban J connectivity index is 1.42. The van der Waals surface area contributed by atoms with Gasteiger partial charge in [0.15, 0.2) is 0 Å². The molecule has 5 nitrogen and oxygen atoms in total. The summed E-state index contributed by atoms with van der Waals surface area (Å²) < 4.78 is 20.8. The molecule has 0 bridgehead atoms. The van der Waals surface area contributed by atoms with Gasteiger partial charge in [-0.05, 0) is 49.9 Å². The molecule has 3 aliphatic rings. The fourth-order valence-electron chi connectivity index (χ4n) is 5.18. The van der Waals surface area contributed by atoms with Gasteiger partial charge in [-0.25, -0.2) is 4.39 Å². The average molecular weight is 408 g/mol. The molecule has 2 aromatic rings. The van der Waals surface area contributed by atoms with E-state index in [9.17, 15) is 9.59 Å². The van der Waals surface area contributed by atoms with Gasteiger partial charge < -0.3 is 14.5 Å². The van der Waals surface area contributed by atoms with Crippen molar-refractivity contribution < 1.29 is 18.7 Å². The number of fused-ring (bicyclic) bond motifs is 2. The summed E-state index contributed by atoms with van der Waals surface area (Å²) in [5.41, 5.74) is 0.906. The van der Waals surface area contributed by atoms with Crippen LogP contribution in [0, 0.1) is 5.82 Å². The molecule has 0 radical (unpaired) electrons. The van der Waals surface area contributed by atoms with Crippen LogP contribution < -0.4 is 4.90 Å². The number of rotatable bonds is 3. The summed E-state index contributed by atoms with van der Waals surface area (Å²) in [5, 5.41) is 0. The van der Waals surface area contributed by atoms with Crippen LogP contribution in [0.1, 0.15) is 41.6 Å². The van der Waals surface area contributed by atoms with Crippen LogP contribution in [0.4, 0.5) is 10.1 Å². The minimum Gasteiger partial charge on any atom is -0.376 e. The second-order valence-corrected chi connectivity index (χ2v) is 8.43. The first-order chi connectivity index (χ1) is 14.6. The summed E-state index contributed by atoms with van der Waals surface area (Å²) in [4.78, 5) is 30.0. The van der Waals surface area contributed by atoms with E-state index in [2.05, 4.69) is 0 Å². The number of likely N-dealkylation sites (tertiary alicyclic amines) is 1. The van der Waals surface area contributed by atoms with Crippen molar-refractivity contribution >= 4 is 17.5 Å². The summed E-state index contributed by atoms with van der Waals surface area (Å²) in [6, 6.07) is 14.1. The lowest BCUT2D eigenvalue weighted by Gasteiger charge is -2.38. The molecule has 0 aliphatic carbocycles. The Morgan fingerprint density at radius 2 is 1.87 bits per heavy atom. The number of anilines is 1. The summed E-state index contributed by atoms with van der Waals surface area (Å²) >= 11 is 0. The fraction of sp³-hybridized carbons (Fsp3) is 0.417. The number of amides is 2. The van der Waals surface area contributed by atoms with Crippen molar-refractivity contribution in [2.24, 2.45) is 0 Å². The number of hydrogen-bond donors (Lipinski definition) is 0. The molecule has 6 heteroatoms. The number of piperidine rings is 1. The highest BCUT2D eigenvalue weighted by Crippen LogP contribution is 2.49. The molecule has 3 aliphatic heterocycles. The van der Waals surface area contributed by atoms with Crippen molar-refractivity contribution in [2.45, 2.75) is 37.2 Å². The Morgan fingerprint density at radius 3 is 2.57 bits per heavy atom. The number of carbonyl (C=O) groups is 2. The van der Waals surface area contributed by atoms with Crippen molar-refractivity contribution in [1.29, 1.82) is 0 Å². The van der Waals surface area contributed by atoms with E-state index in [-0.39, 0.29) is 23.7 Å². The van der Waals surface area contributed by atoms with Crippen molar-refractivity contribution in [3.05, 3.63) is 65.5 Å². The van der Waals surface area contributed by atoms with Gasteiger partial charge in [0.2, 0.25) is 5.91 Å². The summed E-state index contributed by atoms with van der Waals surface area (Å²) in [6.45, 7) is 2.04. The van der Waals surface area contributed by atoms with Crippen LogP contribution in [0.3, 0.4) is 0 Å². The van der Waals surface area contributed by atoms with Crippen molar-refractivity contribution in [3.8, 4) is 0 Å². The molecule has 5 rings (SSSR count). The lowest BCUT2D eigenvalue weighted by atomic mass is 9.73. The number of hydrogen-bond acceptors (Lipinski definition) is 3. The lowest BCUT2D eigenvalue weighted by Crippen LogP contribution is -2.51. The number of benzene rings is 2. The molecule has 0 N–H and O–H groups in total. The molecule has 2 saturated heterocycles. The van der Waals surface area contributed by atoms with Gasteiger partial charge in [-0.15, -0.1) is 0 Å². The molecule has 0 saturated carbocycles. The molecule has 1 spiro atoms. The van der Waals surface area contributed by atoms with Crippen LogP contribution in [0.5, 0.6) is 0 Å². The third-order valence-corrected chi connectivity index (χ3v) is 6.75. The normalized spacial score (nSPS) is 22.6. The molecule has 1 unspecified atom stereocenters. The second-order valence-electron chi connectivity index (χ2n) is 8.43. The standard InChI is InChI=1S/C24H25FN2O3/c25-19-9-4-10-20-21(19)24(23(29)27(20)16-18-8-5-15-30-18)11-13-26(14-12-24)22(28)17-6-2-1-3-7-17/h1-4,6-7,9-10,18H,5,8,11-16H2. The maximum atomic E-state index is 15.0. The third kappa shape index (κ3) is 3.01. The monoisotopic (exact) mass is 408 g/mol. The van der Waals surface area contributed by atoms with E-state index >= 15 is 4.39 Å². The van der Waals surface area contributed by atoms with E-state index in [1.165, 1.54) is 6.07 Å². The van der Waals surface area contributed by atoms with Gasteiger partial charge in [0, 0.05) is 30.8 Å². The predicted molar refractivity (Wildman–Crippen MR) is 111 cm³/mol. The van der Waals surface area contributed by atoms with Crippen molar-refractivity contribution in [2.75, 3.05) is 31.1 Å². The summed E-state index contributed by atoms with van der Waals surface area (Å²) in [7, 11) is 0. The molecule has 2 amide bonds. The minimum absolute atomic E-state index is 0.0000326. The van der Waals surface area contributed by atoms with Crippen molar-refractivity contribution in [1.82, 2.24) is 4.90 Å². The maximum absolute atomic E-state index is 15.0. The zero-order valence-electron chi connectivity index (χ0n) is 16.9. The van der Waals surface area contributed by atoms with Crippen LogP contribution >= 0.6 is 0 Å². The smallest absolute Gasteiger partial charge is 0.253 e.